The molecule has 37 heavy (non-hydrogen) atoms. The molecule has 1 saturated heterocycles. The quantitative estimate of drug-likeness (QED) is 0.231. The molecule has 0 aliphatic carbocycles. The van der Waals surface area contributed by atoms with Gasteiger partial charge in [-0.3, -0.25) is 4.79 Å². The first kappa shape index (κ1) is 25.1. The Bertz CT molecular complexity index is 1410. The number of phenols is 1. The Morgan fingerprint density at radius 3 is 2.14 bits per heavy atom. The number of aliphatic hydroxyl groups is 1. The summed E-state index contributed by atoms with van der Waals surface area (Å²) in [7, 11) is 0. The highest BCUT2D eigenvalue weighted by Gasteiger charge is 2.48. The lowest BCUT2D eigenvalue weighted by molar-refractivity contribution is -0.131. The van der Waals surface area contributed by atoms with Gasteiger partial charge in [-0.15, -0.1) is 0 Å². The molecule has 0 saturated carbocycles. The van der Waals surface area contributed by atoms with E-state index in [0.29, 0.717) is 24.1 Å². The molecule has 1 aliphatic rings. The number of anilines is 1. The maximum absolute atomic E-state index is 13.6. The van der Waals surface area contributed by atoms with Gasteiger partial charge in [0.2, 0.25) is 5.91 Å². The largest absolute Gasteiger partial charge is 0.508 e. The van der Waals surface area contributed by atoms with Gasteiger partial charge in [0.25, 0.3) is 0 Å². The summed E-state index contributed by atoms with van der Waals surface area (Å²) in [6, 6.07) is 24.1. The van der Waals surface area contributed by atoms with E-state index < -0.39 is 6.10 Å². The van der Waals surface area contributed by atoms with Crippen LogP contribution in [0.4, 0.5) is 14.5 Å². The molecule has 0 spiro atoms. The van der Waals surface area contributed by atoms with E-state index in [9.17, 15) is 23.8 Å². The number of amides is 1. The van der Waals surface area contributed by atoms with Crippen molar-refractivity contribution < 1.29 is 23.8 Å². The van der Waals surface area contributed by atoms with Gasteiger partial charge >= 0.3 is 0 Å². The lowest BCUT2D eigenvalue weighted by atomic mass is 9.78. The van der Waals surface area contributed by atoms with Crippen LogP contribution in [-0.4, -0.2) is 16.1 Å². The number of aliphatic hydroxyl groups excluding tert-OH is 1. The lowest BCUT2D eigenvalue weighted by Gasteiger charge is -2.48. The van der Waals surface area contributed by atoms with Gasteiger partial charge < -0.3 is 15.1 Å². The van der Waals surface area contributed by atoms with Crippen molar-refractivity contribution in [2.75, 3.05) is 4.90 Å². The van der Waals surface area contributed by atoms with Crippen LogP contribution in [0.3, 0.4) is 0 Å². The van der Waals surface area contributed by atoms with E-state index in [1.165, 1.54) is 24.3 Å². The number of nitrogens with zero attached hydrogens (tertiary/aromatic N) is 1. The number of benzene rings is 4. The number of carbonyl (C=O) groups excluding carboxylic acids is 1. The predicted molar refractivity (Wildman–Crippen MR) is 142 cm³/mol. The number of rotatable bonds is 7. The van der Waals surface area contributed by atoms with Crippen LogP contribution in [0.1, 0.15) is 36.1 Å². The van der Waals surface area contributed by atoms with Gasteiger partial charge in [0, 0.05) is 10.2 Å². The summed E-state index contributed by atoms with van der Waals surface area (Å²) in [4.78, 5) is 14.9. The van der Waals surface area contributed by atoms with Crippen LogP contribution < -0.4 is 4.90 Å². The van der Waals surface area contributed by atoms with Crippen molar-refractivity contribution in [3.05, 3.63) is 118 Å². The molecule has 188 valence electrons. The predicted octanol–water partition coefficient (Wildman–Crippen LogP) is 7.32. The molecule has 0 radical (unpaired) electrons. The molecule has 5 rings (SSSR count). The molecule has 4 aromatic rings. The van der Waals surface area contributed by atoms with Gasteiger partial charge in [-0.2, -0.15) is 0 Å². The van der Waals surface area contributed by atoms with Gasteiger partial charge in [-0.25, -0.2) is 8.78 Å². The summed E-state index contributed by atoms with van der Waals surface area (Å²) in [6.45, 7) is 0. The van der Waals surface area contributed by atoms with E-state index >= 15 is 0 Å². The normalized spacial score (nSPS) is 17.9. The lowest BCUT2D eigenvalue weighted by Crippen LogP contribution is -2.55. The average Bonchev–Trinajstić information content (AvgIpc) is 2.90. The van der Waals surface area contributed by atoms with Crippen molar-refractivity contribution in [2.45, 2.75) is 25.0 Å². The molecule has 7 heteroatoms. The fraction of sp³-hybridized carbons (Fsp3) is 0.167. The minimum Gasteiger partial charge on any atom is -0.508 e. The Morgan fingerprint density at radius 2 is 1.49 bits per heavy atom. The van der Waals surface area contributed by atoms with Crippen molar-refractivity contribution in [3.8, 4) is 16.9 Å². The van der Waals surface area contributed by atoms with Crippen LogP contribution in [0.2, 0.25) is 0 Å². The van der Waals surface area contributed by atoms with E-state index in [1.54, 1.807) is 47.4 Å². The van der Waals surface area contributed by atoms with Crippen molar-refractivity contribution in [1.29, 1.82) is 0 Å². The van der Waals surface area contributed by atoms with E-state index in [1.807, 2.05) is 24.3 Å². The van der Waals surface area contributed by atoms with E-state index in [0.717, 1.165) is 21.2 Å². The summed E-state index contributed by atoms with van der Waals surface area (Å²) in [5, 5.41) is 20.5. The number of halogens is 3. The fourth-order valence-corrected chi connectivity index (χ4v) is 5.36. The SMILES string of the molecule is O=C1[C@H](CC[C@H](O)c2ccc(F)cc2)[C@@H](c2ccc(-c3cc(O)ccc3Br)cc2)N1c1ccc(F)cc1. The van der Waals surface area contributed by atoms with Gasteiger partial charge in [-0.05, 0) is 89.7 Å². The van der Waals surface area contributed by atoms with E-state index in [2.05, 4.69) is 15.9 Å². The molecular formula is C30H24BrF2NO3. The number of hydrogen-bond acceptors (Lipinski definition) is 3. The standard InChI is InChI=1S/C30H24BrF2NO3/c31-27-15-13-24(35)17-26(27)18-1-3-20(4-2-18)29-25(14-16-28(36)19-5-7-21(32)8-6-19)30(37)34(29)23-11-9-22(33)10-12-23/h1-13,15,17,25,28-29,35-36H,14,16H2/t25-,28+,29-/m1/s1. The molecule has 3 atom stereocenters. The van der Waals surface area contributed by atoms with Crippen LogP contribution in [0.25, 0.3) is 11.1 Å². The summed E-state index contributed by atoms with van der Waals surface area (Å²) < 4.78 is 27.7. The second-order valence-electron chi connectivity index (χ2n) is 9.17. The van der Waals surface area contributed by atoms with Crippen LogP contribution in [0.15, 0.2) is 95.5 Å². The zero-order valence-corrected chi connectivity index (χ0v) is 21.3. The molecule has 0 bridgehead atoms. The summed E-state index contributed by atoms with van der Waals surface area (Å²) in [6.07, 6.45) is -0.0524. The number of carbonyl (C=O) groups is 1. The van der Waals surface area contributed by atoms with Gasteiger partial charge in [0.1, 0.15) is 17.4 Å². The summed E-state index contributed by atoms with van der Waals surface area (Å²) in [5.74, 6) is -1.06. The Morgan fingerprint density at radius 1 is 0.865 bits per heavy atom. The van der Waals surface area contributed by atoms with Crippen molar-refractivity contribution in [3.63, 3.8) is 0 Å². The third kappa shape index (κ3) is 5.15. The number of β-lactam (4-membered cyclic amide) rings is 1. The highest BCUT2D eigenvalue weighted by Crippen LogP contribution is 2.46. The second-order valence-corrected chi connectivity index (χ2v) is 10.0. The molecule has 0 unspecified atom stereocenters. The summed E-state index contributed by atoms with van der Waals surface area (Å²) in [5.41, 5.74) is 3.84. The molecular weight excluding hydrogens is 540 g/mol. The average molecular weight is 564 g/mol. The topological polar surface area (TPSA) is 60.8 Å². The zero-order valence-electron chi connectivity index (χ0n) is 19.7. The molecule has 1 heterocycles. The molecule has 1 fully saturated rings. The Labute approximate surface area is 221 Å². The molecule has 4 aromatic carbocycles. The minimum absolute atomic E-state index is 0.0947. The maximum atomic E-state index is 13.6. The Kier molecular flexibility index (Phi) is 7.09. The Balaban J connectivity index is 1.41. The van der Waals surface area contributed by atoms with Gasteiger partial charge in [0.15, 0.2) is 0 Å². The fourth-order valence-electron chi connectivity index (χ4n) is 4.88. The monoisotopic (exact) mass is 563 g/mol. The van der Waals surface area contributed by atoms with Crippen molar-refractivity contribution in [1.82, 2.24) is 0 Å². The van der Waals surface area contributed by atoms with Crippen LogP contribution in [-0.2, 0) is 4.79 Å². The first-order chi connectivity index (χ1) is 17.8. The van der Waals surface area contributed by atoms with Crippen molar-refractivity contribution >= 4 is 27.5 Å². The molecule has 4 nitrogen and oxygen atoms in total. The highest BCUT2D eigenvalue weighted by atomic mass is 79.9. The van der Waals surface area contributed by atoms with Crippen LogP contribution >= 0.6 is 15.9 Å². The Hall–Kier alpha value is -3.55. The third-order valence-corrected chi connectivity index (χ3v) is 7.53. The zero-order chi connectivity index (χ0) is 26.1. The molecule has 1 aliphatic heterocycles. The summed E-state index contributed by atoms with van der Waals surface area (Å²) >= 11 is 3.52. The smallest absolute Gasteiger partial charge is 0.233 e. The molecule has 1 amide bonds. The molecule has 0 aromatic heterocycles. The van der Waals surface area contributed by atoms with E-state index in [-0.39, 0.29) is 35.3 Å². The highest BCUT2D eigenvalue weighted by molar-refractivity contribution is 9.10. The van der Waals surface area contributed by atoms with Gasteiger partial charge in [-0.1, -0.05) is 52.3 Å². The van der Waals surface area contributed by atoms with E-state index in [4.69, 9.17) is 0 Å². The van der Waals surface area contributed by atoms with Crippen LogP contribution in [0.5, 0.6) is 5.75 Å². The van der Waals surface area contributed by atoms with Gasteiger partial charge in [0.05, 0.1) is 18.1 Å². The second kappa shape index (κ2) is 10.4. The molecule has 2 N–H and O–H groups in total. The number of phenolic OH excluding ortho intramolecular Hbond substituents is 1. The number of aromatic hydroxyl groups is 1. The third-order valence-electron chi connectivity index (χ3n) is 6.84. The van der Waals surface area contributed by atoms with Crippen molar-refractivity contribution in [2.24, 2.45) is 5.92 Å². The van der Waals surface area contributed by atoms with Crippen LogP contribution in [0, 0.1) is 17.6 Å². The number of hydrogen-bond donors (Lipinski definition) is 2. The first-order valence-electron chi connectivity index (χ1n) is 11.9. The first-order valence-corrected chi connectivity index (χ1v) is 12.7. The maximum Gasteiger partial charge on any atom is 0.233 e. The minimum atomic E-state index is -0.820.